The molecule has 0 amide bonds. The molecule has 1 N–H and O–H groups in total. The first-order chi connectivity index (χ1) is 10.9. The van der Waals surface area contributed by atoms with Gasteiger partial charge in [0.25, 0.3) is 0 Å². The van der Waals surface area contributed by atoms with Gasteiger partial charge in [-0.25, -0.2) is 13.2 Å². The summed E-state index contributed by atoms with van der Waals surface area (Å²) < 4.78 is 31.7. The topological polar surface area (TPSA) is 104 Å². The number of anilines is 1. The van der Waals surface area contributed by atoms with Gasteiger partial charge in [0.05, 0.1) is 10.6 Å². The Morgan fingerprint density at radius 3 is 2.61 bits per heavy atom. The molecule has 0 aliphatic carbocycles. The first-order valence-corrected chi connectivity index (χ1v) is 8.63. The van der Waals surface area contributed by atoms with Gasteiger partial charge in [-0.3, -0.25) is 4.79 Å². The molecule has 0 aromatic heterocycles. The molecular weight excluding hydrogens is 324 g/mol. The highest BCUT2D eigenvalue weighted by Crippen LogP contribution is 2.35. The van der Waals surface area contributed by atoms with Crippen molar-refractivity contribution in [1.29, 1.82) is 0 Å². The molecule has 8 nitrogen and oxygen atoms in total. The van der Waals surface area contributed by atoms with Crippen LogP contribution < -0.4 is 9.64 Å². The average molecular weight is 340 g/mol. The number of hydrogen-bond acceptors (Lipinski definition) is 6. The van der Waals surface area contributed by atoms with E-state index in [2.05, 4.69) is 0 Å². The number of fused-ring (bicyclic) bond motifs is 1. The smallest absolute Gasteiger partial charge is 0.331 e. The second kappa shape index (κ2) is 5.82. The summed E-state index contributed by atoms with van der Waals surface area (Å²) in [6.07, 6.45) is 1.65. The second-order valence-corrected chi connectivity index (χ2v) is 7.40. The largest absolute Gasteiger partial charge is 0.480 e. The number of rotatable bonds is 4. The van der Waals surface area contributed by atoms with Crippen molar-refractivity contribution in [2.45, 2.75) is 17.7 Å². The Morgan fingerprint density at radius 2 is 1.96 bits per heavy atom. The van der Waals surface area contributed by atoms with Gasteiger partial charge < -0.3 is 14.7 Å². The fraction of sp³-hybridized carbons (Fsp3) is 0.429. The zero-order chi connectivity index (χ0) is 16.6. The predicted octanol–water partition coefficient (Wildman–Crippen LogP) is 0.281. The van der Waals surface area contributed by atoms with Crippen LogP contribution in [-0.4, -0.2) is 55.9 Å². The molecule has 2 heterocycles. The van der Waals surface area contributed by atoms with E-state index in [4.69, 9.17) is 9.84 Å². The number of carboxylic acid groups (broad SMARTS) is 1. The van der Waals surface area contributed by atoms with Crippen LogP contribution in [0.1, 0.15) is 12.8 Å². The third-order valence-corrected chi connectivity index (χ3v) is 5.74. The first-order valence-electron chi connectivity index (χ1n) is 7.19. The van der Waals surface area contributed by atoms with Crippen LogP contribution in [0.25, 0.3) is 0 Å². The van der Waals surface area contributed by atoms with Crippen molar-refractivity contribution in [3.05, 3.63) is 18.2 Å². The third-order valence-electron chi connectivity index (χ3n) is 3.84. The van der Waals surface area contributed by atoms with E-state index in [1.807, 2.05) is 0 Å². The molecule has 2 aliphatic heterocycles. The molecule has 0 bridgehead atoms. The number of nitrogens with zero attached hydrogens (tertiary/aromatic N) is 2. The van der Waals surface area contributed by atoms with Crippen LogP contribution in [0.2, 0.25) is 0 Å². The molecule has 9 heteroatoms. The van der Waals surface area contributed by atoms with Gasteiger partial charge >= 0.3 is 11.9 Å². The van der Waals surface area contributed by atoms with E-state index >= 15 is 0 Å². The molecule has 0 unspecified atom stereocenters. The average Bonchev–Trinajstić information content (AvgIpc) is 3.01. The molecule has 2 aliphatic rings. The molecular formula is C14H16N2O6S. The SMILES string of the molecule is O=C(O)CN1CC(=O)Oc2ccc(S(=O)(=O)N3CCCC3)cc21. The number of aliphatic carboxylic acids is 1. The van der Waals surface area contributed by atoms with Crippen molar-refractivity contribution in [1.82, 2.24) is 4.31 Å². The molecule has 1 aromatic rings. The summed E-state index contributed by atoms with van der Waals surface area (Å²) in [5.41, 5.74) is 0.298. The highest BCUT2D eigenvalue weighted by molar-refractivity contribution is 7.89. The fourth-order valence-electron chi connectivity index (χ4n) is 2.77. The van der Waals surface area contributed by atoms with Crippen LogP contribution in [0.15, 0.2) is 23.1 Å². The lowest BCUT2D eigenvalue weighted by molar-refractivity contribution is -0.136. The van der Waals surface area contributed by atoms with Crippen LogP contribution in [0.4, 0.5) is 5.69 Å². The van der Waals surface area contributed by atoms with E-state index in [0.717, 1.165) is 12.8 Å². The number of benzene rings is 1. The Balaban J connectivity index is 1.99. The van der Waals surface area contributed by atoms with E-state index in [1.54, 1.807) is 0 Å². The molecule has 3 rings (SSSR count). The van der Waals surface area contributed by atoms with Crippen molar-refractivity contribution in [3.63, 3.8) is 0 Å². The van der Waals surface area contributed by atoms with Crippen LogP contribution in [0.3, 0.4) is 0 Å². The zero-order valence-electron chi connectivity index (χ0n) is 12.3. The highest BCUT2D eigenvalue weighted by atomic mass is 32.2. The Bertz CT molecular complexity index is 755. The summed E-state index contributed by atoms with van der Waals surface area (Å²) >= 11 is 0. The van der Waals surface area contributed by atoms with Crippen molar-refractivity contribution in [2.75, 3.05) is 31.1 Å². The lowest BCUT2D eigenvalue weighted by atomic mass is 10.2. The van der Waals surface area contributed by atoms with Gasteiger partial charge in [-0.1, -0.05) is 0 Å². The molecule has 23 heavy (non-hydrogen) atoms. The quantitative estimate of drug-likeness (QED) is 0.620. The molecule has 1 saturated heterocycles. The summed E-state index contributed by atoms with van der Waals surface area (Å²) in [5.74, 6) is -1.52. The van der Waals surface area contributed by atoms with Gasteiger partial charge in [0, 0.05) is 13.1 Å². The number of ether oxygens (including phenoxy) is 1. The molecule has 0 spiro atoms. The number of esters is 1. The second-order valence-electron chi connectivity index (χ2n) is 5.46. The number of hydrogen-bond donors (Lipinski definition) is 1. The van der Waals surface area contributed by atoms with Gasteiger partial charge in [0.2, 0.25) is 10.0 Å². The van der Waals surface area contributed by atoms with E-state index in [-0.39, 0.29) is 17.2 Å². The van der Waals surface area contributed by atoms with Gasteiger partial charge in [-0.2, -0.15) is 4.31 Å². The Kier molecular flexibility index (Phi) is 3.99. The molecule has 1 aromatic carbocycles. The predicted molar refractivity (Wildman–Crippen MR) is 79.9 cm³/mol. The monoisotopic (exact) mass is 340 g/mol. The number of sulfonamides is 1. The van der Waals surface area contributed by atoms with Gasteiger partial charge in [-0.05, 0) is 31.0 Å². The minimum absolute atomic E-state index is 0.0755. The maximum absolute atomic E-state index is 12.6. The van der Waals surface area contributed by atoms with Gasteiger partial charge in [-0.15, -0.1) is 0 Å². The fourth-order valence-corrected chi connectivity index (χ4v) is 4.31. The normalized spacial score (nSPS) is 18.6. The van der Waals surface area contributed by atoms with Crippen LogP contribution in [0, 0.1) is 0 Å². The summed E-state index contributed by atoms with van der Waals surface area (Å²) in [4.78, 5) is 23.9. The minimum atomic E-state index is -3.62. The minimum Gasteiger partial charge on any atom is -0.480 e. The van der Waals surface area contributed by atoms with E-state index in [1.165, 1.54) is 27.4 Å². The van der Waals surface area contributed by atoms with Crippen LogP contribution in [-0.2, 0) is 19.6 Å². The number of carbonyl (C=O) groups excluding carboxylic acids is 1. The Labute approximate surface area is 133 Å². The van der Waals surface area contributed by atoms with E-state index in [0.29, 0.717) is 18.8 Å². The van der Waals surface area contributed by atoms with Gasteiger partial charge in [0.15, 0.2) is 5.75 Å². The Morgan fingerprint density at radius 1 is 1.26 bits per heavy atom. The molecule has 0 saturated carbocycles. The first kappa shape index (κ1) is 15.8. The summed E-state index contributed by atoms with van der Waals surface area (Å²) in [5, 5.41) is 8.96. The van der Waals surface area contributed by atoms with Crippen molar-refractivity contribution < 1.29 is 27.9 Å². The molecule has 0 atom stereocenters. The highest BCUT2D eigenvalue weighted by Gasteiger charge is 2.31. The molecule has 124 valence electrons. The van der Waals surface area contributed by atoms with E-state index in [9.17, 15) is 18.0 Å². The number of carboxylic acids is 1. The lowest BCUT2D eigenvalue weighted by Crippen LogP contribution is -2.40. The van der Waals surface area contributed by atoms with Crippen LogP contribution in [0.5, 0.6) is 5.75 Å². The van der Waals surface area contributed by atoms with Crippen molar-refractivity contribution >= 4 is 27.6 Å². The number of carbonyl (C=O) groups is 2. The van der Waals surface area contributed by atoms with Gasteiger partial charge in [0.1, 0.15) is 13.1 Å². The third kappa shape index (κ3) is 3.02. The Hall–Kier alpha value is -2.13. The summed E-state index contributed by atoms with van der Waals surface area (Å²) in [6.45, 7) is 0.322. The maximum Gasteiger partial charge on any atom is 0.331 e. The lowest BCUT2D eigenvalue weighted by Gasteiger charge is -2.29. The molecule has 0 radical (unpaired) electrons. The van der Waals surface area contributed by atoms with Crippen molar-refractivity contribution in [2.24, 2.45) is 0 Å². The zero-order valence-corrected chi connectivity index (χ0v) is 13.1. The standard InChI is InChI=1S/C14H16N2O6S/c17-13(18)8-15-9-14(19)22-12-4-3-10(7-11(12)15)23(20,21)16-5-1-2-6-16/h3-4,7H,1-2,5-6,8-9H2,(H,17,18). The van der Waals surface area contributed by atoms with Crippen LogP contribution >= 0.6 is 0 Å². The summed E-state index contributed by atoms with van der Waals surface area (Å²) in [6, 6.07) is 4.15. The molecule has 1 fully saturated rings. The van der Waals surface area contributed by atoms with Crippen molar-refractivity contribution in [3.8, 4) is 5.75 Å². The maximum atomic E-state index is 12.6. The summed E-state index contributed by atoms with van der Waals surface area (Å²) in [7, 11) is -3.62. The van der Waals surface area contributed by atoms with E-state index < -0.39 is 28.5 Å².